The molecule has 14 heteroatoms. The molecule has 9 rings (SSSR count). The maximum absolute atomic E-state index is 16.2. The van der Waals surface area contributed by atoms with E-state index in [0.717, 1.165) is 87.3 Å². The minimum atomic E-state index is -1.54. The molecule has 75 heavy (non-hydrogen) atoms. The van der Waals surface area contributed by atoms with Gasteiger partial charge in [-0.2, -0.15) is 5.06 Å². The number of carbonyl (C=O) groups excluding carboxylic acids is 4. The fourth-order valence-corrected chi connectivity index (χ4v) is 14.0. The lowest BCUT2D eigenvalue weighted by atomic mass is 9.52. The van der Waals surface area contributed by atoms with E-state index >= 15 is 9.59 Å². The average Bonchev–Trinajstić information content (AvgIpc) is 3.80. The molecule has 2 N–H and O–H groups in total. The molecule has 3 saturated carbocycles. The van der Waals surface area contributed by atoms with E-state index < -0.39 is 89.7 Å². The molecule has 0 spiro atoms. The van der Waals surface area contributed by atoms with Gasteiger partial charge in [-0.05, 0) is 113 Å². The van der Waals surface area contributed by atoms with Crippen molar-refractivity contribution >= 4 is 29.8 Å². The monoisotopic (exact) mass is 1040 g/mol. The molecule has 412 valence electrons. The van der Waals surface area contributed by atoms with Gasteiger partial charge in [0, 0.05) is 39.2 Å². The average molecular weight is 1040 g/mol. The minimum Gasteiger partial charge on any atom is -0.460 e. The van der Waals surface area contributed by atoms with Crippen molar-refractivity contribution in [3.63, 3.8) is 0 Å². The molecule has 12 atom stereocenters. The van der Waals surface area contributed by atoms with Gasteiger partial charge < -0.3 is 39.0 Å². The largest absolute Gasteiger partial charge is 0.460 e. The van der Waals surface area contributed by atoms with Crippen LogP contribution in [0.25, 0.3) is 6.08 Å². The molecule has 14 nitrogen and oxygen atoms in total. The summed E-state index contributed by atoms with van der Waals surface area (Å²) >= 11 is 0. The summed E-state index contributed by atoms with van der Waals surface area (Å²) in [6, 6.07) is 14.7. The van der Waals surface area contributed by atoms with Crippen LogP contribution in [-0.4, -0.2) is 118 Å². The van der Waals surface area contributed by atoms with Gasteiger partial charge in [-0.15, -0.1) is 0 Å². The molecular formula is C61H87N3O11. The zero-order valence-electron chi connectivity index (χ0n) is 46.4. The molecule has 2 aromatic rings. The second-order valence-electron chi connectivity index (χ2n) is 25.2. The first-order valence-electron chi connectivity index (χ1n) is 28.6. The van der Waals surface area contributed by atoms with Gasteiger partial charge >= 0.3 is 11.9 Å². The van der Waals surface area contributed by atoms with E-state index in [1.165, 1.54) is 10.5 Å². The highest BCUT2D eigenvalue weighted by Gasteiger charge is 2.77. The maximum atomic E-state index is 16.2. The number of nitrogens with one attached hydrogen (secondary N) is 1. The van der Waals surface area contributed by atoms with Gasteiger partial charge in [-0.1, -0.05) is 120 Å². The number of epoxide rings is 1. The number of hydrogen-bond acceptors (Lipinski definition) is 12. The van der Waals surface area contributed by atoms with Crippen molar-refractivity contribution in [1.29, 1.82) is 0 Å². The molecule has 2 amide bonds. The summed E-state index contributed by atoms with van der Waals surface area (Å²) in [5.41, 5.74) is 2.23. The van der Waals surface area contributed by atoms with Gasteiger partial charge in [-0.25, -0.2) is 0 Å². The number of likely N-dealkylation sites (N-methyl/N-ethyl adjacent to an activating group) is 1. The fraction of sp³-hybridized carbons (Fsp3) is 0.705. The van der Waals surface area contributed by atoms with E-state index in [1.54, 1.807) is 32.9 Å². The number of esters is 2. The number of allylic oxidation sites excluding steroid dienone is 1. The number of amides is 2. The van der Waals surface area contributed by atoms with E-state index in [9.17, 15) is 14.7 Å². The Morgan fingerprint density at radius 2 is 1.61 bits per heavy atom. The topological polar surface area (TPSA) is 166 Å². The first-order chi connectivity index (χ1) is 35.7. The zero-order valence-corrected chi connectivity index (χ0v) is 46.4. The van der Waals surface area contributed by atoms with Crippen LogP contribution < -0.4 is 5.32 Å². The lowest BCUT2D eigenvalue weighted by Gasteiger charge is -2.53. The summed E-state index contributed by atoms with van der Waals surface area (Å²) in [6.45, 7) is 16.5. The highest BCUT2D eigenvalue weighted by Crippen LogP contribution is 2.61. The smallest absolute Gasteiger partial charge is 0.327 e. The van der Waals surface area contributed by atoms with E-state index in [0.29, 0.717) is 24.7 Å². The molecule has 1 unspecified atom stereocenters. The summed E-state index contributed by atoms with van der Waals surface area (Å²) in [4.78, 5) is 67.6. The second-order valence-corrected chi connectivity index (χ2v) is 25.2. The van der Waals surface area contributed by atoms with E-state index in [2.05, 4.69) is 64.2 Å². The summed E-state index contributed by atoms with van der Waals surface area (Å²) in [5, 5.41) is 15.2. The van der Waals surface area contributed by atoms with Crippen LogP contribution in [0.15, 0.2) is 60.2 Å². The van der Waals surface area contributed by atoms with Crippen molar-refractivity contribution in [3.05, 3.63) is 76.9 Å². The highest BCUT2D eigenvalue weighted by molar-refractivity contribution is 5.96. The zero-order chi connectivity index (χ0) is 53.5. The van der Waals surface area contributed by atoms with Crippen molar-refractivity contribution in [3.8, 4) is 0 Å². The Morgan fingerprint density at radius 1 is 0.920 bits per heavy atom. The molecule has 4 saturated heterocycles. The fourth-order valence-electron chi connectivity index (χ4n) is 14.0. The Labute approximate surface area is 446 Å². The Morgan fingerprint density at radius 3 is 2.29 bits per heavy atom. The van der Waals surface area contributed by atoms with Crippen molar-refractivity contribution in [1.82, 2.24) is 15.3 Å². The van der Waals surface area contributed by atoms with Gasteiger partial charge in [0.15, 0.2) is 11.8 Å². The number of fused-ring (bicyclic) bond motifs is 6. The molecule has 2 aromatic carbocycles. The summed E-state index contributed by atoms with van der Waals surface area (Å²) in [5.74, 6) is -1.86. The lowest BCUT2D eigenvalue weighted by molar-refractivity contribution is -0.225. The second kappa shape index (κ2) is 22.3. The SMILES string of the molecule is CCCCCC1(CCCCC)O[C@@H]2[C@H](O1)[C@H]1ON(Cc3ccccc3C=C3CCC4O[C@]4(C)CC[C@@H]4[C@@H]3CC4(C)C)[C@H]3C(=O)O[C@@H]2C[C@@]13C(=O)N(C)[C@H](Cc1ccccc1)C(=O)N[C@H](CO)CCC(=O)OC(C)(C)C. The van der Waals surface area contributed by atoms with Crippen molar-refractivity contribution in [2.75, 3.05) is 13.7 Å². The number of nitrogens with zero attached hydrogens (tertiary/aromatic N) is 2. The van der Waals surface area contributed by atoms with Gasteiger partial charge in [-0.3, -0.25) is 24.0 Å². The van der Waals surface area contributed by atoms with Crippen LogP contribution in [0, 0.1) is 22.7 Å². The molecule has 4 heterocycles. The summed E-state index contributed by atoms with van der Waals surface area (Å²) < 4.78 is 32.7. The number of aliphatic hydroxyl groups is 1. The summed E-state index contributed by atoms with van der Waals surface area (Å²) in [6.07, 6.45) is 12.2. The van der Waals surface area contributed by atoms with Crippen molar-refractivity contribution < 1.29 is 52.8 Å². The standard InChI is InChI=1S/C61H87N3O11/c1-10-12-19-30-60(31-20-13-11-2)73-50-47-36-61(56(69)63(9)46(33-39-21-15-14-16-22-39)54(67)62-43(38-65)26-28-49(66)72-57(3,4)5)52(55(68)70-47)64(75-53(61)51(50)74-60)37-42-24-18-17-23-40(42)34-41-25-27-48-59(8,71-48)32-29-45-44(41)35-58(45,6)7/h14-18,21-24,34,43-48,50-53,65H,10-13,19-20,25-33,35-38H2,1-9H3,(H,62,67)/t43-,44+,45+,46+,47+,48?,50-,51-,52-,53+,59+,61-/m0/s1. The van der Waals surface area contributed by atoms with Crippen LogP contribution in [0.1, 0.15) is 175 Å². The molecule has 0 radical (unpaired) electrons. The first kappa shape index (κ1) is 55.6. The van der Waals surface area contributed by atoms with Gasteiger partial charge in [0.1, 0.15) is 41.5 Å². The van der Waals surface area contributed by atoms with E-state index in [4.69, 9.17) is 28.5 Å². The Hall–Kier alpha value is -4.18. The number of hydroxylamine groups is 2. The summed E-state index contributed by atoms with van der Waals surface area (Å²) in [7, 11) is 1.62. The van der Waals surface area contributed by atoms with Gasteiger partial charge in [0.2, 0.25) is 11.8 Å². The normalized spacial score (nSPS) is 32.5. The third-order valence-corrected chi connectivity index (χ3v) is 18.1. The number of hydrogen-bond donors (Lipinski definition) is 2. The number of aliphatic hydroxyl groups excluding tert-OH is 1. The molecule has 2 bridgehead atoms. The minimum absolute atomic E-state index is 0.0263. The molecule has 4 aliphatic heterocycles. The lowest BCUT2D eigenvalue weighted by Crippen LogP contribution is -2.70. The molecule has 7 fully saturated rings. The number of unbranched alkanes of at least 4 members (excludes halogenated alkanes) is 4. The first-order valence-corrected chi connectivity index (χ1v) is 28.6. The Bertz CT molecular complexity index is 2390. The predicted octanol–water partition coefficient (Wildman–Crippen LogP) is 9.57. The third kappa shape index (κ3) is 11.5. The maximum Gasteiger partial charge on any atom is 0.327 e. The number of benzene rings is 2. The predicted molar refractivity (Wildman–Crippen MR) is 284 cm³/mol. The quantitative estimate of drug-likeness (QED) is 0.0692. The number of ether oxygens (including phenoxy) is 5. The van der Waals surface area contributed by atoms with Gasteiger partial charge in [0.25, 0.3) is 0 Å². The van der Waals surface area contributed by atoms with Crippen LogP contribution in [-0.2, 0) is 60.7 Å². The van der Waals surface area contributed by atoms with Crippen LogP contribution in [0.4, 0.5) is 0 Å². The van der Waals surface area contributed by atoms with Crippen LogP contribution in [0.2, 0.25) is 0 Å². The third-order valence-electron chi connectivity index (χ3n) is 18.1. The van der Waals surface area contributed by atoms with Crippen molar-refractivity contribution in [2.45, 2.75) is 237 Å². The van der Waals surface area contributed by atoms with Crippen molar-refractivity contribution in [2.24, 2.45) is 22.7 Å². The van der Waals surface area contributed by atoms with Gasteiger partial charge in [0.05, 0.1) is 30.9 Å². The van der Waals surface area contributed by atoms with Crippen LogP contribution >= 0.6 is 0 Å². The highest BCUT2D eigenvalue weighted by atomic mass is 16.8. The Balaban J connectivity index is 1.07. The van der Waals surface area contributed by atoms with Crippen LogP contribution in [0.5, 0.6) is 0 Å². The number of rotatable bonds is 21. The Kier molecular flexibility index (Phi) is 16.5. The molecular weight excluding hydrogens is 951 g/mol. The molecule has 7 aliphatic rings. The number of carbonyl (C=O) groups is 4. The van der Waals surface area contributed by atoms with E-state index in [1.807, 2.05) is 36.4 Å². The van der Waals surface area contributed by atoms with E-state index in [-0.39, 0.29) is 49.3 Å². The molecule has 3 aliphatic carbocycles. The van der Waals surface area contributed by atoms with Crippen LogP contribution in [0.3, 0.4) is 0 Å². The molecule has 0 aromatic heterocycles.